The van der Waals surface area contributed by atoms with Crippen molar-refractivity contribution < 1.29 is 12.8 Å². The molecule has 1 aromatic carbocycles. The van der Waals surface area contributed by atoms with Crippen LogP contribution in [0, 0.1) is 5.82 Å². The van der Waals surface area contributed by atoms with Crippen molar-refractivity contribution in [1.82, 2.24) is 19.7 Å². The third-order valence-electron chi connectivity index (χ3n) is 4.24. The van der Waals surface area contributed by atoms with Crippen LogP contribution in [-0.2, 0) is 28.6 Å². The molecule has 6 nitrogen and oxygen atoms in total. The van der Waals surface area contributed by atoms with Crippen molar-refractivity contribution in [3.63, 3.8) is 0 Å². The molecule has 4 rings (SSSR count). The first kappa shape index (κ1) is 15.9. The standard InChI is InChI=1S/C17H15FN4O2S/c18-14-5-2-1-4-12(14)10-22-15-6-9-25(23,24)11-13(15)16(21-22)17-19-7-3-8-20-17/h1-5,7-8H,6,9-11H2. The van der Waals surface area contributed by atoms with Crippen molar-refractivity contribution in [2.45, 2.75) is 18.7 Å². The molecule has 3 heterocycles. The molecule has 0 saturated heterocycles. The molecule has 0 amide bonds. The molecule has 0 N–H and O–H groups in total. The van der Waals surface area contributed by atoms with Crippen molar-refractivity contribution in [3.05, 3.63) is 65.4 Å². The Hall–Kier alpha value is -2.61. The molecule has 0 radical (unpaired) electrons. The molecule has 1 aliphatic heterocycles. The molecule has 0 saturated carbocycles. The molecule has 0 unspecified atom stereocenters. The highest BCUT2D eigenvalue weighted by molar-refractivity contribution is 7.90. The summed E-state index contributed by atoms with van der Waals surface area (Å²) in [4.78, 5) is 8.37. The average Bonchev–Trinajstić information content (AvgIpc) is 2.94. The zero-order valence-electron chi connectivity index (χ0n) is 13.3. The lowest BCUT2D eigenvalue weighted by Crippen LogP contribution is -2.21. The quantitative estimate of drug-likeness (QED) is 0.716. The van der Waals surface area contributed by atoms with Crippen LogP contribution in [0.25, 0.3) is 11.5 Å². The van der Waals surface area contributed by atoms with Crippen molar-refractivity contribution in [2.24, 2.45) is 0 Å². The second kappa shape index (κ2) is 6.03. The Kier molecular flexibility index (Phi) is 3.84. The number of aromatic nitrogens is 4. The molecule has 0 bridgehead atoms. The third kappa shape index (κ3) is 3.05. The van der Waals surface area contributed by atoms with E-state index in [0.29, 0.717) is 29.1 Å². The minimum Gasteiger partial charge on any atom is -0.264 e. The van der Waals surface area contributed by atoms with Gasteiger partial charge in [-0.25, -0.2) is 22.8 Å². The van der Waals surface area contributed by atoms with Crippen LogP contribution in [0.4, 0.5) is 4.39 Å². The SMILES string of the molecule is O=S1(=O)CCc2c(c(-c3ncccn3)nn2Cc2ccccc2F)C1. The van der Waals surface area contributed by atoms with E-state index < -0.39 is 9.84 Å². The maximum absolute atomic E-state index is 14.0. The van der Waals surface area contributed by atoms with Gasteiger partial charge >= 0.3 is 0 Å². The summed E-state index contributed by atoms with van der Waals surface area (Å²) in [5, 5.41) is 4.52. The number of hydrogen-bond acceptors (Lipinski definition) is 5. The summed E-state index contributed by atoms with van der Waals surface area (Å²) in [6.07, 6.45) is 3.52. The molecule has 0 fully saturated rings. The van der Waals surface area contributed by atoms with Gasteiger partial charge in [0.2, 0.25) is 0 Å². The molecule has 25 heavy (non-hydrogen) atoms. The highest BCUT2D eigenvalue weighted by atomic mass is 32.2. The normalized spacial score (nSPS) is 15.7. The summed E-state index contributed by atoms with van der Waals surface area (Å²) < 4.78 is 39.8. The molecular formula is C17H15FN4O2S. The first-order valence-electron chi connectivity index (χ1n) is 7.83. The lowest BCUT2D eigenvalue weighted by atomic mass is 10.1. The summed E-state index contributed by atoms with van der Waals surface area (Å²) in [5.41, 5.74) is 2.38. The second-order valence-electron chi connectivity index (χ2n) is 5.94. The Morgan fingerprint density at radius 3 is 2.64 bits per heavy atom. The van der Waals surface area contributed by atoms with E-state index in [1.165, 1.54) is 6.07 Å². The van der Waals surface area contributed by atoms with Gasteiger partial charge in [0.05, 0.1) is 18.1 Å². The number of halogens is 1. The van der Waals surface area contributed by atoms with E-state index in [4.69, 9.17) is 0 Å². The molecule has 128 valence electrons. The fourth-order valence-electron chi connectivity index (χ4n) is 3.03. The van der Waals surface area contributed by atoms with Gasteiger partial charge in [0.1, 0.15) is 11.5 Å². The molecule has 8 heteroatoms. The van der Waals surface area contributed by atoms with Crippen molar-refractivity contribution in [2.75, 3.05) is 5.75 Å². The Balaban J connectivity index is 1.84. The van der Waals surface area contributed by atoms with E-state index in [1.807, 2.05) is 0 Å². The molecule has 2 aromatic heterocycles. The van der Waals surface area contributed by atoms with Crippen LogP contribution in [-0.4, -0.2) is 33.9 Å². The van der Waals surface area contributed by atoms with E-state index in [1.54, 1.807) is 41.3 Å². The minimum atomic E-state index is -3.18. The van der Waals surface area contributed by atoms with E-state index in [0.717, 1.165) is 5.69 Å². The van der Waals surface area contributed by atoms with Crippen LogP contribution in [0.3, 0.4) is 0 Å². The number of nitrogens with zero attached hydrogens (tertiary/aromatic N) is 4. The monoisotopic (exact) mass is 358 g/mol. The fourth-order valence-corrected chi connectivity index (χ4v) is 4.42. The zero-order chi connectivity index (χ0) is 17.4. The van der Waals surface area contributed by atoms with Crippen molar-refractivity contribution >= 4 is 9.84 Å². The van der Waals surface area contributed by atoms with E-state index in [9.17, 15) is 12.8 Å². The number of rotatable bonds is 3. The van der Waals surface area contributed by atoms with Gasteiger partial charge in [0, 0.05) is 35.6 Å². The molecular weight excluding hydrogens is 343 g/mol. The zero-order valence-corrected chi connectivity index (χ0v) is 14.1. The van der Waals surface area contributed by atoms with Crippen LogP contribution in [0.2, 0.25) is 0 Å². The Bertz CT molecular complexity index is 1030. The van der Waals surface area contributed by atoms with Crippen LogP contribution in [0.1, 0.15) is 16.8 Å². The van der Waals surface area contributed by atoms with Crippen LogP contribution in [0.15, 0.2) is 42.7 Å². The van der Waals surface area contributed by atoms with Crippen molar-refractivity contribution in [1.29, 1.82) is 0 Å². The number of hydrogen-bond donors (Lipinski definition) is 0. The minimum absolute atomic E-state index is 0.0675. The average molecular weight is 358 g/mol. The lowest BCUT2D eigenvalue weighted by molar-refractivity contribution is 0.569. The van der Waals surface area contributed by atoms with Crippen LogP contribution in [0.5, 0.6) is 0 Å². The third-order valence-corrected chi connectivity index (χ3v) is 5.79. The fraction of sp³-hybridized carbons (Fsp3) is 0.235. The topological polar surface area (TPSA) is 77.7 Å². The van der Waals surface area contributed by atoms with Gasteiger partial charge in [-0.05, 0) is 12.1 Å². The van der Waals surface area contributed by atoms with E-state index in [-0.39, 0.29) is 23.9 Å². The largest absolute Gasteiger partial charge is 0.264 e. The van der Waals surface area contributed by atoms with Gasteiger partial charge in [-0.3, -0.25) is 4.68 Å². The number of fused-ring (bicyclic) bond motifs is 1. The Labute approximate surface area is 144 Å². The Morgan fingerprint density at radius 1 is 1.12 bits per heavy atom. The maximum Gasteiger partial charge on any atom is 0.180 e. The Morgan fingerprint density at radius 2 is 1.88 bits per heavy atom. The maximum atomic E-state index is 14.0. The molecule has 0 aliphatic carbocycles. The number of sulfone groups is 1. The van der Waals surface area contributed by atoms with Crippen molar-refractivity contribution in [3.8, 4) is 11.5 Å². The smallest absolute Gasteiger partial charge is 0.180 e. The lowest BCUT2D eigenvalue weighted by Gasteiger charge is -2.15. The van der Waals surface area contributed by atoms with Gasteiger partial charge in [-0.1, -0.05) is 18.2 Å². The van der Waals surface area contributed by atoms with E-state index >= 15 is 0 Å². The molecule has 1 aliphatic rings. The van der Waals surface area contributed by atoms with Crippen LogP contribution < -0.4 is 0 Å². The van der Waals surface area contributed by atoms with Gasteiger partial charge in [0.25, 0.3) is 0 Å². The highest BCUT2D eigenvalue weighted by Gasteiger charge is 2.30. The summed E-state index contributed by atoms with van der Waals surface area (Å²) >= 11 is 0. The molecule has 3 aromatic rings. The number of benzene rings is 1. The summed E-state index contributed by atoms with van der Waals surface area (Å²) in [6.45, 7) is 0.238. The summed E-state index contributed by atoms with van der Waals surface area (Å²) in [5.74, 6) is 0.0430. The second-order valence-corrected chi connectivity index (χ2v) is 8.12. The summed E-state index contributed by atoms with van der Waals surface area (Å²) in [7, 11) is -3.18. The highest BCUT2D eigenvalue weighted by Crippen LogP contribution is 2.29. The van der Waals surface area contributed by atoms with E-state index in [2.05, 4.69) is 15.1 Å². The molecule has 0 spiro atoms. The first-order valence-corrected chi connectivity index (χ1v) is 9.65. The predicted octanol–water partition coefficient (Wildman–Crippen LogP) is 2.00. The predicted molar refractivity (Wildman–Crippen MR) is 89.9 cm³/mol. The van der Waals surface area contributed by atoms with Gasteiger partial charge in [-0.15, -0.1) is 0 Å². The summed E-state index contributed by atoms with van der Waals surface area (Å²) in [6, 6.07) is 8.18. The van der Waals surface area contributed by atoms with Crippen LogP contribution >= 0.6 is 0 Å². The molecule has 0 atom stereocenters. The van der Waals surface area contributed by atoms with Gasteiger partial charge < -0.3 is 0 Å². The first-order chi connectivity index (χ1) is 12.0. The van der Waals surface area contributed by atoms with Gasteiger partial charge in [0.15, 0.2) is 15.7 Å². The van der Waals surface area contributed by atoms with Gasteiger partial charge in [-0.2, -0.15) is 5.10 Å².